The third-order valence-electron chi connectivity index (χ3n) is 4.24. The fourth-order valence-corrected chi connectivity index (χ4v) is 4.80. The Morgan fingerprint density at radius 1 is 1.29 bits per heavy atom. The molecule has 0 aliphatic heterocycles. The van der Waals surface area contributed by atoms with Crippen LogP contribution in [-0.4, -0.2) is 25.4 Å². The molecule has 0 bridgehead atoms. The standard InChI is InChI=1S/C20H19N5OS2/c1-14-22-8-10-25(14)9-6-19(26)23-16-4-5-17-18(11-16)28-20(24-17)27-13-15-3-2-7-21-12-15/h2-5,7-8,10-12H,6,9,13H2,1H3,(H,23,26). The van der Waals surface area contributed by atoms with Crippen molar-refractivity contribution in [3.05, 3.63) is 66.5 Å². The molecule has 4 rings (SSSR count). The molecule has 0 atom stereocenters. The number of carbonyl (C=O) groups is 1. The number of amides is 1. The number of anilines is 1. The van der Waals surface area contributed by atoms with E-state index in [2.05, 4.69) is 26.3 Å². The van der Waals surface area contributed by atoms with Crippen LogP contribution in [0.25, 0.3) is 10.2 Å². The van der Waals surface area contributed by atoms with Crippen molar-refractivity contribution >= 4 is 44.9 Å². The van der Waals surface area contributed by atoms with Gasteiger partial charge < -0.3 is 9.88 Å². The number of rotatable bonds is 7. The molecule has 142 valence electrons. The molecular formula is C20H19N5OS2. The molecule has 28 heavy (non-hydrogen) atoms. The highest BCUT2D eigenvalue weighted by atomic mass is 32.2. The number of hydrogen-bond donors (Lipinski definition) is 1. The second-order valence-corrected chi connectivity index (χ2v) is 8.53. The summed E-state index contributed by atoms with van der Waals surface area (Å²) in [5.41, 5.74) is 2.92. The quantitative estimate of drug-likeness (QED) is 0.455. The molecule has 0 saturated heterocycles. The van der Waals surface area contributed by atoms with Crippen LogP contribution in [0.4, 0.5) is 5.69 Å². The van der Waals surface area contributed by atoms with Crippen molar-refractivity contribution < 1.29 is 4.79 Å². The van der Waals surface area contributed by atoms with Crippen LogP contribution >= 0.6 is 23.1 Å². The van der Waals surface area contributed by atoms with E-state index in [1.54, 1.807) is 35.5 Å². The van der Waals surface area contributed by atoms with E-state index < -0.39 is 0 Å². The summed E-state index contributed by atoms with van der Waals surface area (Å²) in [6.45, 7) is 2.55. The highest BCUT2D eigenvalue weighted by molar-refractivity contribution is 8.00. The largest absolute Gasteiger partial charge is 0.335 e. The summed E-state index contributed by atoms with van der Waals surface area (Å²) in [5.74, 6) is 1.74. The Hall–Kier alpha value is -2.71. The molecule has 3 heterocycles. The summed E-state index contributed by atoms with van der Waals surface area (Å²) in [6.07, 6.45) is 7.69. The average Bonchev–Trinajstić information content (AvgIpc) is 3.30. The van der Waals surface area contributed by atoms with Crippen LogP contribution in [0.15, 0.2) is 59.5 Å². The number of thioether (sulfide) groups is 1. The normalized spacial score (nSPS) is 11.0. The fourth-order valence-electron chi connectivity index (χ4n) is 2.76. The van der Waals surface area contributed by atoms with Crippen molar-refractivity contribution in [2.45, 2.75) is 30.0 Å². The number of aryl methyl sites for hydroxylation is 2. The van der Waals surface area contributed by atoms with Gasteiger partial charge >= 0.3 is 0 Å². The summed E-state index contributed by atoms with van der Waals surface area (Å²) in [4.78, 5) is 25.2. The lowest BCUT2D eigenvalue weighted by Crippen LogP contribution is -2.14. The highest BCUT2D eigenvalue weighted by Crippen LogP contribution is 2.32. The number of carbonyl (C=O) groups excluding carboxylic acids is 1. The van der Waals surface area contributed by atoms with Gasteiger partial charge in [-0.25, -0.2) is 9.97 Å². The molecule has 0 fully saturated rings. The van der Waals surface area contributed by atoms with Crippen LogP contribution in [0.2, 0.25) is 0 Å². The van der Waals surface area contributed by atoms with Gasteiger partial charge in [0.15, 0.2) is 4.34 Å². The Morgan fingerprint density at radius 2 is 2.21 bits per heavy atom. The van der Waals surface area contributed by atoms with Gasteiger partial charge in [0, 0.05) is 49.2 Å². The number of pyridine rings is 1. The van der Waals surface area contributed by atoms with Crippen molar-refractivity contribution in [2.24, 2.45) is 0 Å². The number of thiazole rings is 1. The van der Waals surface area contributed by atoms with Crippen LogP contribution in [0.3, 0.4) is 0 Å². The smallest absolute Gasteiger partial charge is 0.226 e. The third-order valence-corrected chi connectivity index (χ3v) is 6.47. The van der Waals surface area contributed by atoms with E-state index in [1.807, 2.05) is 48.1 Å². The minimum atomic E-state index is -0.0110. The molecule has 0 spiro atoms. The molecule has 0 radical (unpaired) electrons. The third kappa shape index (κ3) is 4.58. The Balaban J connectivity index is 1.37. The lowest BCUT2D eigenvalue weighted by Gasteiger charge is -2.07. The fraction of sp³-hybridized carbons (Fsp3) is 0.200. The van der Waals surface area contributed by atoms with Crippen molar-refractivity contribution in [3.63, 3.8) is 0 Å². The number of hydrogen-bond acceptors (Lipinski definition) is 6. The van der Waals surface area contributed by atoms with Crippen LogP contribution in [0.5, 0.6) is 0 Å². The maximum Gasteiger partial charge on any atom is 0.226 e. The van der Waals surface area contributed by atoms with Crippen LogP contribution in [0.1, 0.15) is 17.8 Å². The minimum absolute atomic E-state index is 0.0110. The lowest BCUT2D eigenvalue weighted by molar-refractivity contribution is -0.116. The molecule has 0 aliphatic carbocycles. The number of fused-ring (bicyclic) bond motifs is 1. The summed E-state index contributed by atoms with van der Waals surface area (Å²) in [7, 11) is 0. The molecule has 1 aromatic carbocycles. The zero-order valence-corrected chi connectivity index (χ0v) is 17.0. The monoisotopic (exact) mass is 409 g/mol. The van der Waals surface area contributed by atoms with Gasteiger partial charge in [0.2, 0.25) is 5.91 Å². The molecule has 1 amide bonds. The van der Waals surface area contributed by atoms with Gasteiger partial charge in [0.1, 0.15) is 5.82 Å². The molecule has 1 N–H and O–H groups in total. The van der Waals surface area contributed by atoms with Gasteiger partial charge in [-0.2, -0.15) is 0 Å². The maximum atomic E-state index is 12.3. The highest BCUT2D eigenvalue weighted by Gasteiger charge is 2.08. The first-order valence-electron chi connectivity index (χ1n) is 8.87. The van der Waals surface area contributed by atoms with Crippen molar-refractivity contribution in [3.8, 4) is 0 Å². The van der Waals surface area contributed by atoms with Gasteiger partial charge in [-0.05, 0) is 36.8 Å². The number of aromatic nitrogens is 4. The van der Waals surface area contributed by atoms with Crippen molar-refractivity contribution in [1.82, 2.24) is 19.5 Å². The van der Waals surface area contributed by atoms with E-state index in [9.17, 15) is 4.79 Å². The van der Waals surface area contributed by atoms with Gasteiger partial charge in [-0.15, -0.1) is 11.3 Å². The predicted molar refractivity (Wildman–Crippen MR) is 114 cm³/mol. The predicted octanol–water partition coefficient (Wildman–Crippen LogP) is 4.52. The van der Waals surface area contributed by atoms with E-state index >= 15 is 0 Å². The lowest BCUT2D eigenvalue weighted by atomic mass is 10.3. The van der Waals surface area contributed by atoms with Gasteiger partial charge in [-0.3, -0.25) is 9.78 Å². The Bertz CT molecular complexity index is 1090. The van der Waals surface area contributed by atoms with Crippen molar-refractivity contribution in [2.75, 3.05) is 5.32 Å². The zero-order valence-electron chi connectivity index (χ0n) is 15.3. The number of benzene rings is 1. The molecule has 4 aromatic rings. The zero-order chi connectivity index (χ0) is 19.3. The summed E-state index contributed by atoms with van der Waals surface area (Å²) < 4.78 is 4.05. The van der Waals surface area contributed by atoms with Crippen LogP contribution < -0.4 is 5.32 Å². The molecule has 0 aliphatic rings. The molecule has 3 aromatic heterocycles. The summed E-state index contributed by atoms with van der Waals surface area (Å²) in [6, 6.07) is 9.85. The van der Waals surface area contributed by atoms with E-state index in [0.717, 1.165) is 31.8 Å². The second-order valence-electron chi connectivity index (χ2n) is 6.28. The molecule has 0 unspecified atom stereocenters. The Kier molecular flexibility index (Phi) is 5.68. The Labute approximate surface area is 171 Å². The van der Waals surface area contributed by atoms with E-state index in [-0.39, 0.29) is 5.91 Å². The Morgan fingerprint density at radius 3 is 3.00 bits per heavy atom. The van der Waals surface area contributed by atoms with Gasteiger partial charge in [0.25, 0.3) is 0 Å². The first-order chi connectivity index (χ1) is 13.7. The van der Waals surface area contributed by atoms with E-state index in [4.69, 9.17) is 0 Å². The van der Waals surface area contributed by atoms with Gasteiger partial charge in [0.05, 0.1) is 10.2 Å². The molecular weight excluding hydrogens is 390 g/mol. The van der Waals surface area contributed by atoms with E-state index in [0.29, 0.717) is 13.0 Å². The minimum Gasteiger partial charge on any atom is -0.335 e. The van der Waals surface area contributed by atoms with Gasteiger partial charge in [-0.1, -0.05) is 17.8 Å². The van der Waals surface area contributed by atoms with E-state index in [1.165, 1.54) is 5.56 Å². The number of imidazole rings is 1. The van der Waals surface area contributed by atoms with Crippen molar-refractivity contribution in [1.29, 1.82) is 0 Å². The number of nitrogens with one attached hydrogen (secondary N) is 1. The van der Waals surface area contributed by atoms with Crippen LogP contribution in [0, 0.1) is 6.92 Å². The topological polar surface area (TPSA) is 72.7 Å². The first-order valence-corrected chi connectivity index (χ1v) is 10.7. The average molecular weight is 410 g/mol. The van der Waals surface area contributed by atoms with Crippen LogP contribution in [-0.2, 0) is 17.1 Å². The molecule has 6 nitrogen and oxygen atoms in total. The SMILES string of the molecule is Cc1nccn1CCC(=O)Nc1ccc2nc(SCc3cccnc3)sc2c1. The maximum absolute atomic E-state index is 12.3. The summed E-state index contributed by atoms with van der Waals surface area (Å²) >= 11 is 3.34. The second kappa shape index (κ2) is 8.53. The number of nitrogens with zero attached hydrogens (tertiary/aromatic N) is 4. The first kappa shape index (κ1) is 18.6. The molecule has 8 heteroatoms. The molecule has 0 saturated carbocycles. The summed E-state index contributed by atoms with van der Waals surface area (Å²) in [5, 5.41) is 2.97.